The fourth-order valence-electron chi connectivity index (χ4n) is 4.73. The second kappa shape index (κ2) is 10.7. The molecule has 4 rings (SSSR count). The van der Waals surface area contributed by atoms with Crippen molar-refractivity contribution in [2.24, 2.45) is 5.92 Å². The van der Waals surface area contributed by atoms with E-state index in [9.17, 15) is 9.59 Å². The predicted molar refractivity (Wildman–Crippen MR) is 135 cm³/mol. The Morgan fingerprint density at radius 1 is 1.00 bits per heavy atom. The minimum Gasteiger partial charge on any atom is -0.496 e. The molecule has 1 aliphatic rings. The molecule has 6 heteroatoms. The second-order valence-electron chi connectivity index (χ2n) is 9.18. The molecule has 1 fully saturated rings. The van der Waals surface area contributed by atoms with Crippen LogP contribution in [0.4, 0.5) is 0 Å². The number of carbonyl (C=O) groups is 2. The van der Waals surface area contributed by atoms with E-state index in [1.165, 1.54) is 5.56 Å². The fourth-order valence-corrected chi connectivity index (χ4v) is 4.73. The molecule has 34 heavy (non-hydrogen) atoms. The van der Waals surface area contributed by atoms with E-state index in [2.05, 4.69) is 22.3 Å². The lowest BCUT2D eigenvalue weighted by Gasteiger charge is -2.32. The second-order valence-corrected chi connectivity index (χ2v) is 9.18. The van der Waals surface area contributed by atoms with Crippen molar-refractivity contribution in [3.8, 4) is 5.75 Å². The number of carbonyl (C=O) groups excluding carboxylic acids is 2. The molecule has 1 saturated heterocycles. The lowest BCUT2D eigenvalue weighted by Crippen LogP contribution is -2.45. The first-order valence-electron chi connectivity index (χ1n) is 11.8. The Kier molecular flexibility index (Phi) is 7.48. The van der Waals surface area contributed by atoms with E-state index < -0.39 is 0 Å². The Hall–Kier alpha value is -3.38. The standard InChI is InChI=1S/C28H33N3O3/c1-30(2)18-21-10-5-4-9-20(21)17-29-27(32)22-11-8-16-31(19-22)28(33)25-14-15-26(34-3)24-13-7-6-12-23(24)25/h4-7,9-10,12-15,22H,8,11,16-19H2,1-3H3,(H,29,32)/t22-/m0/s1. The van der Waals surface area contributed by atoms with Crippen LogP contribution in [-0.2, 0) is 17.9 Å². The first-order valence-corrected chi connectivity index (χ1v) is 11.8. The average Bonchev–Trinajstić information content (AvgIpc) is 2.86. The number of nitrogens with zero attached hydrogens (tertiary/aromatic N) is 2. The van der Waals surface area contributed by atoms with E-state index in [0.717, 1.165) is 41.5 Å². The van der Waals surface area contributed by atoms with E-state index in [1.54, 1.807) is 7.11 Å². The molecule has 3 aromatic rings. The van der Waals surface area contributed by atoms with Crippen molar-refractivity contribution in [3.63, 3.8) is 0 Å². The van der Waals surface area contributed by atoms with Crippen molar-refractivity contribution in [1.29, 1.82) is 0 Å². The topological polar surface area (TPSA) is 61.9 Å². The van der Waals surface area contributed by atoms with Crippen LogP contribution in [0.25, 0.3) is 10.8 Å². The van der Waals surface area contributed by atoms with Crippen LogP contribution in [0, 0.1) is 5.92 Å². The van der Waals surface area contributed by atoms with Gasteiger partial charge in [0.2, 0.25) is 5.91 Å². The Labute approximate surface area is 201 Å². The molecule has 1 heterocycles. The van der Waals surface area contributed by atoms with Gasteiger partial charge in [0.15, 0.2) is 0 Å². The maximum atomic E-state index is 13.5. The maximum Gasteiger partial charge on any atom is 0.254 e. The van der Waals surface area contributed by atoms with E-state index >= 15 is 0 Å². The summed E-state index contributed by atoms with van der Waals surface area (Å²) in [4.78, 5) is 30.4. The summed E-state index contributed by atoms with van der Waals surface area (Å²) in [6.07, 6.45) is 1.60. The van der Waals surface area contributed by atoms with Crippen molar-refractivity contribution in [2.75, 3.05) is 34.3 Å². The molecule has 0 aromatic heterocycles. The number of methoxy groups -OCH3 is 1. The van der Waals surface area contributed by atoms with Gasteiger partial charge in [0.1, 0.15) is 5.75 Å². The Morgan fingerprint density at radius 3 is 2.44 bits per heavy atom. The molecule has 1 N–H and O–H groups in total. The van der Waals surface area contributed by atoms with Crippen LogP contribution < -0.4 is 10.1 Å². The van der Waals surface area contributed by atoms with Crippen molar-refractivity contribution < 1.29 is 14.3 Å². The van der Waals surface area contributed by atoms with Crippen LogP contribution in [0.5, 0.6) is 5.75 Å². The first kappa shape index (κ1) is 23.8. The molecule has 6 nitrogen and oxygen atoms in total. The number of benzene rings is 3. The Morgan fingerprint density at radius 2 is 1.71 bits per heavy atom. The number of hydrogen-bond donors (Lipinski definition) is 1. The summed E-state index contributed by atoms with van der Waals surface area (Å²) in [6, 6.07) is 19.6. The zero-order valence-electron chi connectivity index (χ0n) is 20.2. The minimum absolute atomic E-state index is 0.0109. The molecule has 2 amide bonds. The first-order chi connectivity index (χ1) is 16.5. The highest BCUT2D eigenvalue weighted by Gasteiger charge is 2.29. The summed E-state index contributed by atoms with van der Waals surface area (Å²) in [5.74, 6) is 0.519. The number of nitrogens with one attached hydrogen (secondary N) is 1. The highest BCUT2D eigenvalue weighted by atomic mass is 16.5. The fraction of sp³-hybridized carbons (Fsp3) is 0.357. The third kappa shape index (κ3) is 5.23. The van der Waals surface area contributed by atoms with Crippen molar-refractivity contribution in [1.82, 2.24) is 15.1 Å². The molecule has 0 saturated carbocycles. The van der Waals surface area contributed by atoms with Gasteiger partial charge in [-0.05, 0) is 55.6 Å². The molecule has 3 aromatic carbocycles. The normalized spacial score (nSPS) is 16.0. The molecule has 1 aliphatic heterocycles. The lowest BCUT2D eigenvalue weighted by molar-refractivity contribution is -0.126. The lowest BCUT2D eigenvalue weighted by atomic mass is 9.95. The molecule has 0 aliphatic carbocycles. The number of rotatable bonds is 7. The SMILES string of the molecule is COc1ccc(C(=O)N2CCC[C@H](C(=O)NCc3ccccc3CN(C)C)C2)c2ccccc12. The van der Waals surface area contributed by atoms with Gasteiger partial charge in [-0.3, -0.25) is 9.59 Å². The minimum atomic E-state index is -0.205. The summed E-state index contributed by atoms with van der Waals surface area (Å²) in [5.41, 5.74) is 2.98. The molecule has 0 radical (unpaired) electrons. The van der Waals surface area contributed by atoms with Crippen LogP contribution in [-0.4, -0.2) is 55.9 Å². The molecule has 1 atom stereocenters. The quantitative estimate of drug-likeness (QED) is 0.578. The van der Waals surface area contributed by atoms with Crippen molar-refractivity contribution >= 4 is 22.6 Å². The summed E-state index contributed by atoms with van der Waals surface area (Å²) in [7, 11) is 5.71. The summed E-state index contributed by atoms with van der Waals surface area (Å²) in [5, 5.41) is 4.90. The highest BCUT2D eigenvalue weighted by molar-refractivity contribution is 6.08. The van der Waals surface area contributed by atoms with Gasteiger partial charge < -0.3 is 19.9 Å². The average molecular weight is 460 g/mol. The van der Waals surface area contributed by atoms with Gasteiger partial charge in [-0.15, -0.1) is 0 Å². The van der Waals surface area contributed by atoms with E-state index in [0.29, 0.717) is 25.2 Å². The van der Waals surface area contributed by atoms with E-state index in [-0.39, 0.29) is 17.7 Å². The van der Waals surface area contributed by atoms with Crippen LogP contribution >= 0.6 is 0 Å². The third-order valence-electron chi connectivity index (χ3n) is 6.47. The van der Waals surface area contributed by atoms with Crippen LogP contribution in [0.1, 0.15) is 34.3 Å². The monoisotopic (exact) mass is 459 g/mol. The smallest absolute Gasteiger partial charge is 0.254 e. The van der Waals surface area contributed by atoms with Crippen LogP contribution in [0.3, 0.4) is 0 Å². The van der Waals surface area contributed by atoms with Gasteiger partial charge >= 0.3 is 0 Å². The predicted octanol–water partition coefficient (Wildman–Crippen LogP) is 4.08. The van der Waals surface area contributed by atoms with Gasteiger partial charge in [-0.1, -0.05) is 48.5 Å². The molecule has 0 unspecified atom stereocenters. The summed E-state index contributed by atoms with van der Waals surface area (Å²) < 4.78 is 5.47. The van der Waals surface area contributed by atoms with Gasteiger partial charge in [0.05, 0.1) is 13.0 Å². The third-order valence-corrected chi connectivity index (χ3v) is 6.47. The van der Waals surface area contributed by atoms with Gasteiger partial charge in [-0.2, -0.15) is 0 Å². The zero-order valence-corrected chi connectivity index (χ0v) is 20.2. The largest absolute Gasteiger partial charge is 0.496 e. The number of ether oxygens (including phenoxy) is 1. The maximum absolute atomic E-state index is 13.5. The number of likely N-dealkylation sites (tertiary alicyclic amines) is 1. The molecule has 178 valence electrons. The van der Waals surface area contributed by atoms with Gasteiger partial charge in [0, 0.05) is 37.1 Å². The van der Waals surface area contributed by atoms with Crippen molar-refractivity contribution in [3.05, 3.63) is 77.4 Å². The summed E-state index contributed by atoms with van der Waals surface area (Å²) >= 11 is 0. The number of piperidine rings is 1. The van der Waals surface area contributed by atoms with Crippen LogP contribution in [0.2, 0.25) is 0 Å². The number of hydrogen-bond acceptors (Lipinski definition) is 4. The van der Waals surface area contributed by atoms with E-state index in [1.807, 2.05) is 67.5 Å². The Bertz CT molecular complexity index is 1170. The molecule has 0 spiro atoms. The summed E-state index contributed by atoms with van der Waals surface area (Å²) in [6.45, 7) is 2.42. The van der Waals surface area contributed by atoms with Crippen molar-refractivity contribution in [2.45, 2.75) is 25.9 Å². The number of amides is 2. The highest BCUT2D eigenvalue weighted by Crippen LogP contribution is 2.30. The number of fused-ring (bicyclic) bond motifs is 1. The van der Waals surface area contributed by atoms with Gasteiger partial charge in [0.25, 0.3) is 5.91 Å². The van der Waals surface area contributed by atoms with Crippen LogP contribution in [0.15, 0.2) is 60.7 Å². The Balaban J connectivity index is 1.44. The zero-order chi connectivity index (χ0) is 24.1. The molecule has 0 bridgehead atoms. The van der Waals surface area contributed by atoms with Gasteiger partial charge in [-0.25, -0.2) is 0 Å². The molecular formula is C28H33N3O3. The molecular weight excluding hydrogens is 426 g/mol. The van der Waals surface area contributed by atoms with E-state index in [4.69, 9.17) is 4.74 Å².